The second-order valence-electron chi connectivity index (χ2n) is 5.73. The molecule has 2 fully saturated rings. The molecular weight excluding hydrogens is 170 g/mol. The Balaban J connectivity index is 2.10. The molecule has 1 heterocycles. The summed E-state index contributed by atoms with van der Waals surface area (Å²) in [6, 6.07) is 0. The van der Waals surface area contributed by atoms with E-state index in [4.69, 9.17) is 0 Å². The van der Waals surface area contributed by atoms with Crippen molar-refractivity contribution in [2.24, 2.45) is 17.3 Å². The molecule has 2 rings (SSSR count). The number of hydrogen-bond donors (Lipinski definition) is 1. The molecule has 82 valence electrons. The van der Waals surface area contributed by atoms with E-state index in [1.54, 1.807) is 0 Å². The molecule has 1 saturated heterocycles. The maximum atomic E-state index is 3.59. The van der Waals surface area contributed by atoms with E-state index in [0.29, 0.717) is 0 Å². The van der Waals surface area contributed by atoms with Crippen molar-refractivity contribution in [2.75, 3.05) is 13.1 Å². The molecule has 0 aromatic heterocycles. The zero-order valence-corrected chi connectivity index (χ0v) is 9.81. The molecule has 1 heteroatoms. The Labute approximate surface area is 88.7 Å². The minimum Gasteiger partial charge on any atom is -0.316 e. The summed E-state index contributed by atoms with van der Waals surface area (Å²) in [6.45, 7) is 7.36. The molecule has 1 nitrogen and oxygen atoms in total. The van der Waals surface area contributed by atoms with Crippen LogP contribution in [0.2, 0.25) is 0 Å². The van der Waals surface area contributed by atoms with Gasteiger partial charge in [0.2, 0.25) is 0 Å². The first-order chi connectivity index (χ1) is 6.75. The minimum absolute atomic E-state index is 0.734. The average Bonchev–Trinajstić information content (AvgIpc) is 2.19. The lowest BCUT2D eigenvalue weighted by atomic mass is 9.59. The highest BCUT2D eigenvalue weighted by Gasteiger charge is 2.42. The summed E-state index contributed by atoms with van der Waals surface area (Å²) in [4.78, 5) is 0. The molecule has 0 radical (unpaired) electrons. The zero-order chi connectivity index (χ0) is 10.0. The molecule has 0 amide bonds. The Morgan fingerprint density at radius 3 is 2.43 bits per heavy atom. The van der Waals surface area contributed by atoms with Crippen LogP contribution in [0, 0.1) is 17.3 Å². The Hall–Kier alpha value is -0.0400. The van der Waals surface area contributed by atoms with Crippen molar-refractivity contribution in [1.82, 2.24) is 5.32 Å². The standard InChI is InChI=1S/C13H25N/c1-11(2)12-10-14-9-8-13(12)6-4-3-5-7-13/h11-12,14H,3-10H2,1-2H3. The Bertz CT molecular complexity index is 171. The summed E-state index contributed by atoms with van der Waals surface area (Å²) < 4.78 is 0. The van der Waals surface area contributed by atoms with Gasteiger partial charge in [-0.05, 0) is 49.6 Å². The van der Waals surface area contributed by atoms with Crippen molar-refractivity contribution in [3.8, 4) is 0 Å². The van der Waals surface area contributed by atoms with Gasteiger partial charge in [0.25, 0.3) is 0 Å². The first kappa shape index (κ1) is 10.5. The SMILES string of the molecule is CC(C)C1CNCCC12CCCCC2. The smallest absolute Gasteiger partial charge is 0.00127 e. The van der Waals surface area contributed by atoms with Crippen LogP contribution >= 0.6 is 0 Å². The first-order valence-electron chi connectivity index (χ1n) is 6.45. The maximum absolute atomic E-state index is 3.59. The van der Waals surface area contributed by atoms with E-state index in [2.05, 4.69) is 19.2 Å². The fourth-order valence-corrected chi connectivity index (χ4v) is 3.82. The first-order valence-corrected chi connectivity index (χ1v) is 6.45. The molecule has 1 saturated carbocycles. The van der Waals surface area contributed by atoms with E-state index in [1.165, 1.54) is 51.6 Å². The number of piperidine rings is 1. The third kappa shape index (κ3) is 1.84. The van der Waals surface area contributed by atoms with Crippen molar-refractivity contribution >= 4 is 0 Å². The average molecular weight is 195 g/mol. The highest BCUT2D eigenvalue weighted by atomic mass is 14.9. The van der Waals surface area contributed by atoms with Crippen molar-refractivity contribution < 1.29 is 0 Å². The van der Waals surface area contributed by atoms with E-state index in [0.717, 1.165) is 17.3 Å². The molecule has 1 atom stereocenters. The van der Waals surface area contributed by atoms with E-state index in [-0.39, 0.29) is 0 Å². The molecular formula is C13H25N. The van der Waals surface area contributed by atoms with Gasteiger partial charge < -0.3 is 5.32 Å². The lowest BCUT2D eigenvalue weighted by molar-refractivity contribution is 0.0310. The van der Waals surface area contributed by atoms with Crippen LogP contribution < -0.4 is 5.32 Å². The van der Waals surface area contributed by atoms with Gasteiger partial charge in [-0.15, -0.1) is 0 Å². The third-order valence-electron chi connectivity index (χ3n) is 4.60. The molecule has 2 aliphatic rings. The summed E-state index contributed by atoms with van der Waals surface area (Å²) >= 11 is 0. The molecule has 14 heavy (non-hydrogen) atoms. The fraction of sp³-hybridized carbons (Fsp3) is 1.00. The van der Waals surface area contributed by atoms with Crippen molar-refractivity contribution in [3.05, 3.63) is 0 Å². The second kappa shape index (κ2) is 4.22. The van der Waals surface area contributed by atoms with Gasteiger partial charge in [-0.3, -0.25) is 0 Å². The van der Waals surface area contributed by atoms with Gasteiger partial charge in [0.05, 0.1) is 0 Å². The lowest BCUT2D eigenvalue weighted by Gasteiger charge is -2.49. The van der Waals surface area contributed by atoms with E-state index in [9.17, 15) is 0 Å². The maximum Gasteiger partial charge on any atom is -0.00127 e. The minimum atomic E-state index is 0.734. The fourth-order valence-electron chi connectivity index (χ4n) is 3.82. The van der Waals surface area contributed by atoms with Gasteiger partial charge in [0, 0.05) is 0 Å². The molecule has 0 aromatic rings. The number of hydrogen-bond acceptors (Lipinski definition) is 1. The van der Waals surface area contributed by atoms with E-state index >= 15 is 0 Å². The van der Waals surface area contributed by atoms with Crippen LogP contribution in [0.15, 0.2) is 0 Å². The molecule has 0 aromatic carbocycles. The van der Waals surface area contributed by atoms with Gasteiger partial charge in [-0.2, -0.15) is 0 Å². The Morgan fingerprint density at radius 2 is 1.79 bits per heavy atom. The normalized spacial score (nSPS) is 32.4. The third-order valence-corrected chi connectivity index (χ3v) is 4.60. The topological polar surface area (TPSA) is 12.0 Å². The highest BCUT2D eigenvalue weighted by molar-refractivity contribution is 4.94. The molecule has 1 unspecified atom stereocenters. The molecule has 1 aliphatic heterocycles. The lowest BCUT2D eigenvalue weighted by Crippen LogP contribution is -2.48. The molecule has 0 bridgehead atoms. The van der Waals surface area contributed by atoms with Crippen LogP contribution in [0.5, 0.6) is 0 Å². The predicted octanol–water partition coefficient (Wildman–Crippen LogP) is 3.20. The monoisotopic (exact) mass is 195 g/mol. The molecule has 1 N–H and O–H groups in total. The summed E-state index contributed by atoms with van der Waals surface area (Å²) in [6.07, 6.45) is 8.93. The van der Waals surface area contributed by atoms with Crippen LogP contribution in [-0.2, 0) is 0 Å². The number of rotatable bonds is 1. The van der Waals surface area contributed by atoms with Gasteiger partial charge in [-0.1, -0.05) is 33.1 Å². The highest BCUT2D eigenvalue weighted by Crippen LogP contribution is 2.48. The van der Waals surface area contributed by atoms with Crippen LogP contribution in [0.4, 0.5) is 0 Å². The van der Waals surface area contributed by atoms with Gasteiger partial charge in [0.15, 0.2) is 0 Å². The van der Waals surface area contributed by atoms with E-state index in [1.807, 2.05) is 0 Å². The van der Waals surface area contributed by atoms with Crippen LogP contribution in [0.3, 0.4) is 0 Å². The number of nitrogens with one attached hydrogen (secondary N) is 1. The molecule has 1 aliphatic carbocycles. The van der Waals surface area contributed by atoms with Crippen LogP contribution in [0.1, 0.15) is 52.4 Å². The quantitative estimate of drug-likeness (QED) is 0.677. The summed E-state index contributed by atoms with van der Waals surface area (Å²) in [5.74, 6) is 1.80. The Morgan fingerprint density at radius 1 is 1.07 bits per heavy atom. The zero-order valence-electron chi connectivity index (χ0n) is 9.81. The van der Waals surface area contributed by atoms with E-state index < -0.39 is 0 Å². The van der Waals surface area contributed by atoms with Gasteiger partial charge in [-0.25, -0.2) is 0 Å². The largest absolute Gasteiger partial charge is 0.316 e. The van der Waals surface area contributed by atoms with Gasteiger partial charge in [0.1, 0.15) is 0 Å². The summed E-state index contributed by atoms with van der Waals surface area (Å²) in [5.41, 5.74) is 0.734. The van der Waals surface area contributed by atoms with Crippen LogP contribution in [0.25, 0.3) is 0 Å². The van der Waals surface area contributed by atoms with Crippen molar-refractivity contribution in [3.63, 3.8) is 0 Å². The summed E-state index contributed by atoms with van der Waals surface area (Å²) in [5, 5.41) is 3.59. The summed E-state index contributed by atoms with van der Waals surface area (Å²) in [7, 11) is 0. The predicted molar refractivity (Wildman–Crippen MR) is 61.3 cm³/mol. The van der Waals surface area contributed by atoms with Gasteiger partial charge >= 0.3 is 0 Å². The molecule has 1 spiro atoms. The Kier molecular flexibility index (Phi) is 3.16. The van der Waals surface area contributed by atoms with Crippen LogP contribution in [-0.4, -0.2) is 13.1 Å². The van der Waals surface area contributed by atoms with Crippen molar-refractivity contribution in [1.29, 1.82) is 0 Å². The second-order valence-corrected chi connectivity index (χ2v) is 5.73. The van der Waals surface area contributed by atoms with Crippen molar-refractivity contribution in [2.45, 2.75) is 52.4 Å².